The van der Waals surface area contributed by atoms with Crippen molar-refractivity contribution in [2.45, 2.75) is 12.8 Å². The van der Waals surface area contributed by atoms with Crippen LogP contribution >= 0.6 is 0 Å². The zero-order valence-corrected chi connectivity index (χ0v) is 14.3. The molecule has 1 atom stereocenters. The highest BCUT2D eigenvalue weighted by Crippen LogP contribution is 2.31. The van der Waals surface area contributed by atoms with Gasteiger partial charge < -0.3 is 15.2 Å². The third-order valence-corrected chi connectivity index (χ3v) is 4.36. The molecule has 0 aliphatic carbocycles. The Hall–Kier alpha value is -2.75. The van der Waals surface area contributed by atoms with Crippen LogP contribution in [0.15, 0.2) is 54.7 Å². The third kappa shape index (κ3) is 3.27. The molecule has 1 amide bonds. The first-order valence-electron chi connectivity index (χ1n) is 8.14. The molecule has 4 nitrogen and oxygen atoms in total. The summed E-state index contributed by atoms with van der Waals surface area (Å²) in [6, 6.07) is 16.8. The lowest BCUT2D eigenvalue weighted by molar-refractivity contribution is -0.118. The van der Waals surface area contributed by atoms with E-state index in [0.29, 0.717) is 6.54 Å². The Balaban J connectivity index is 2.01. The number of aromatic amines is 1. The standard InChI is InChI=1S/C20H23N3O/c1-14(24)21-12-18(15-8-10-16(11-9-15)23(2)3)19-13-22-20-7-5-4-6-17(19)20/h4-11,13,18,22H,12H2,1-3H3,(H,21,24). The molecule has 1 aromatic heterocycles. The van der Waals surface area contributed by atoms with Crippen LogP contribution in [0.3, 0.4) is 0 Å². The van der Waals surface area contributed by atoms with Crippen molar-refractivity contribution < 1.29 is 4.79 Å². The lowest BCUT2D eigenvalue weighted by atomic mass is 9.90. The van der Waals surface area contributed by atoms with Gasteiger partial charge in [-0.3, -0.25) is 4.79 Å². The summed E-state index contributed by atoms with van der Waals surface area (Å²) in [6.07, 6.45) is 2.05. The molecule has 0 saturated heterocycles. The fourth-order valence-electron chi connectivity index (χ4n) is 3.04. The molecule has 0 radical (unpaired) electrons. The second kappa shape index (κ2) is 6.79. The number of hydrogen-bond donors (Lipinski definition) is 2. The fraction of sp³-hybridized carbons (Fsp3) is 0.250. The molecule has 4 heteroatoms. The van der Waals surface area contributed by atoms with Crippen LogP contribution in [-0.4, -0.2) is 31.5 Å². The van der Waals surface area contributed by atoms with Crippen LogP contribution in [-0.2, 0) is 4.79 Å². The van der Waals surface area contributed by atoms with Gasteiger partial charge in [0.25, 0.3) is 0 Å². The van der Waals surface area contributed by atoms with E-state index in [1.54, 1.807) is 6.92 Å². The molecule has 0 saturated carbocycles. The Morgan fingerprint density at radius 1 is 1.12 bits per heavy atom. The number of carbonyl (C=O) groups excluding carboxylic acids is 1. The summed E-state index contributed by atoms with van der Waals surface area (Å²) in [4.78, 5) is 16.8. The Bertz CT molecular complexity index is 833. The van der Waals surface area contributed by atoms with E-state index < -0.39 is 0 Å². The van der Waals surface area contributed by atoms with Gasteiger partial charge in [-0.2, -0.15) is 0 Å². The van der Waals surface area contributed by atoms with Gasteiger partial charge in [0.1, 0.15) is 0 Å². The summed E-state index contributed by atoms with van der Waals surface area (Å²) in [5.41, 5.74) is 4.68. The monoisotopic (exact) mass is 321 g/mol. The molecule has 124 valence electrons. The average Bonchev–Trinajstić information content (AvgIpc) is 2.99. The van der Waals surface area contributed by atoms with E-state index in [1.165, 1.54) is 16.5 Å². The minimum Gasteiger partial charge on any atom is -0.378 e. The van der Waals surface area contributed by atoms with Crippen LogP contribution in [0.25, 0.3) is 10.9 Å². The summed E-state index contributed by atoms with van der Waals surface area (Å²) in [6.45, 7) is 2.14. The van der Waals surface area contributed by atoms with Crippen LogP contribution in [0.1, 0.15) is 24.0 Å². The normalized spacial score (nSPS) is 12.1. The summed E-state index contributed by atoms with van der Waals surface area (Å²) in [5.74, 6) is 0.103. The van der Waals surface area contributed by atoms with Gasteiger partial charge in [-0.05, 0) is 29.3 Å². The highest BCUT2D eigenvalue weighted by Gasteiger charge is 2.18. The van der Waals surface area contributed by atoms with Crippen molar-refractivity contribution in [2.75, 3.05) is 25.5 Å². The van der Waals surface area contributed by atoms with Crippen LogP contribution in [0.4, 0.5) is 5.69 Å². The number of nitrogens with one attached hydrogen (secondary N) is 2. The van der Waals surface area contributed by atoms with Gasteiger partial charge in [-0.25, -0.2) is 0 Å². The van der Waals surface area contributed by atoms with E-state index in [2.05, 4.69) is 57.8 Å². The first-order chi connectivity index (χ1) is 11.6. The maximum atomic E-state index is 11.4. The number of anilines is 1. The van der Waals surface area contributed by atoms with Crippen LogP contribution in [0.5, 0.6) is 0 Å². The number of fused-ring (bicyclic) bond motifs is 1. The zero-order valence-electron chi connectivity index (χ0n) is 14.3. The molecule has 3 aromatic rings. The predicted octanol–water partition coefficient (Wildman–Crippen LogP) is 3.50. The number of nitrogens with zero attached hydrogens (tertiary/aromatic N) is 1. The van der Waals surface area contributed by atoms with E-state index in [1.807, 2.05) is 26.2 Å². The Kier molecular flexibility index (Phi) is 4.56. The third-order valence-electron chi connectivity index (χ3n) is 4.36. The van der Waals surface area contributed by atoms with E-state index >= 15 is 0 Å². The fourth-order valence-corrected chi connectivity index (χ4v) is 3.04. The van der Waals surface area contributed by atoms with Crippen molar-refractivity contribution in [2.24, 2.45) is 0 Å². The van der Waals surface area contributed by atoms with E-state index in [9.17, 15) is 4.79 Å². The molecular formula is C20H23N3O. The number of hydrogen-bond acceptors (Lipinski definition) is 2. The Labute approximate surface area is 142 Å². The van der Waals surface area contributed by atoms with Crippen molar-refractivity contribution in [3.05, 3.63) is 65.9 Å². The Morgan fingerprint density at radius 2 is 1.83 bits per heavy atom. The molecule has 1 unspecified atom stereocenters. The SMILES string of the molecule is CC(=O)NCC(c1ccc(N(C)C)cc1)c1c[nH]c2ccccc12. The molecule has 2 aromatic carbocycles. The van der Waals surface area contributed by atoms with Crippen LogP contribution in [0, 0.1) is 0 Å². The van der Waals surface area contributed by atoms with E-state index in [-0.39, 0.29) is 11.8 Å². The summed E-state index contributed by atoms with van der Waals surface area (Å²) < 4.78 is 0. The Morgan fingerprint density at radius 3 is 2.50 bits per heavy atom. The second-order valence-corrected chi connectivity index (χ2v) is 6.27. The lowest BCUT2D eigenvalue weighted by Gasteiger charge is -2.19. The van der Waals surface area contributed by atoms with Crippen molar-refractivity contribution in [1.29, 1.82) is 0 Å². The molecule has 3 rings (SSSR count). The zero-order chi connectivity index (χ0) is 17.1. The van der Waals surface area contributed by atoms with E-state index in [4.69, 9.17) is 0 Å². The molecule has 1 heterocycles. The maximum Gasteiger partial charge on any atom is 0.216 e. The summed E-state index contributed by atoms with van der Waals surface area (Å²) in [7, 11) is 4.06. The number of rotatable bonds is 5. The number of amides is 1. The van der Waals surface area contributed by atoms with Crippen LogP contribution in [0.2, 0.25) is 0 Å². The van der Waals surface area contributed by atoms with Gasteiger partial charge in [-0.1, -0.05) is 30.3 Å². The number of H-pyrrole nitrogens is 1. The van der Waals surface area contributed by atoms with Gasteiger partial charge in [0, 0.05) is 56.3 Å². The van der Waals surface area contributed by atoms with Crippen LogP contribution < -0.4 is 10.2 Å². The molecule has 2 N–H and O–H groups in total. The average molecular weight is 321 g/mol. The van der Waals surface area contributed by atoms with Gasteiger partial charge in [0.15, 0.2) is 0 Å². The first-order valence-corrected chi connectivity index (χ1v) is 8.14. The summed E-state index contributed by atoms with van der Waals surface area (Å²) >= 11 is 0. The quantitative estimate of drug-likeness (QED) is 0.755. The molecule has 0 aliphatic rings. The highest BCUT2D eigenvalue weighted by molar-refractivity contribution is 5.84. The number of benzene rings is 2. The first kappa shape index (κ1) is 16.1. The number of aromatic nitrogens is 1. The molecule has 24 heavy (non-hydrogen) atoms. The molecule has 0 spiro atoms. The van der Waals surface area contributed by atoms with Crippen molar-refractivity contribution in [3.63, 3.8) is 0 Å². The van der Waals surface area contributed by atoms with Crippen molar-refractivity contribution in [3.8, 4) is 0 Å². The van der Waals surface area contributed by atoms with E-state index in [0.717, 1.165) is 11.2 Å². The van der Waals surface area contributed by atoms with Gasteiger partial charge in [0.2, 0.25) is 5.91 Å². The van der Waals surface area contributed by atoms with Crippen molar-refractivity contribution in [1.82, 2.24) is 10.3 Å². The van der Waals surface area contributed by atoms with Gasteiger partial charge in [-0.15, -0.1) is 0 Å². The molecule has 0 bridgehead atoms. The minimum absolute atomic E-state index is 0.00949. The smallest absolute Gasteiger partial charge is 0.216 e. The van der Waals surface area contributed by atoms with Gasteiger partial charge >= 0.3 is 0 Å². The molecule has 0 aliphatic heterocycles. The maximum absolute atomic E-state index is 11.4. The minimum atomic E-state index is -0.00949. The van der Waals surface area contributed by atoms with Crippen molar-refractivity contribution >= 4 is 22.5 Å². The topological polar surface area (TPSA) is 48.1 Å². The largest absolute Gasteiger partial charge is 0.378 e. The predicted molar refractivity (Wildman–Crippen MR) is 99.6 cm³/mol. The second-order valence-electron chi connectivity index (χ2n) is 6.27. The lowest BCUT2D eigenvalue weighted by Crippen LogP contribution is -2.26. The molecular weight excluding hydrogens is 298 g/mol. The van der Waals surface area contributed by atoms with Gasteiger partial charge in [0.05, 0.1) is 0 Å². The number of carbonyl (C=O) groups is 1. The molecule has 0 fully saturated rings. The highest BCUT2D eigenvalue weighted by atomic mass is 16.1. The number of para-hydroxylation sites is 1. The summed E-state index contributed by atoms with van der Waals surface area (Å²) in [5, 5.41) is 4.17.